The number of rotatable bonds is 4. The zero-order valence-corrected chi connectivity index (χ0v) is 9.86. The molecule has 0 saturated heterocycles. The first-order chi connectivity index (χ1) is 6.93. The van der Waals surface area contributed by atoms with Gasteiger partial charge in [-0.2, -0.15) is 0 Å². The molecule has 84 valence electrons. The van der Waals surface area contributed by atoms with Crippen molar-refractivity contribution in [2.75, 3.05) is 13.1 Å². The Morgan fingerprint density at radius 2 is 1.50 bits per heavy atom. The molecular weight excluding hydrogens is 170 g/mol. The zero-order valence-electron chi connectivity index (χ0n) is 9.86. The van der Waals surface area contributed by atoms with Crippen LogP contribution in [0.4, 0.5) is 0 Å². The Labute approximate surface area is 89.7 Å². The molecule has 1 saturated carbocycles. The molecule has 14 heavy (non-hydrogen) atoms. The van der Waals surface area contributed by atoms with E-state index in [1.807, 2.05) is 0 Å². The lowest BCUT2D eigenvalue weighted by atomic mass is 9.97. The molecule has 0 radical (unpaired) electrons. The standard InChI is InChI=1S/C13H27N/c1-2-11-14-12-13-9-7-5-3-4-6-8-10-13/h13-14H,2-12H2,1H3. The molecule has 1 aliphatic carbocycles. The highest BCUT2D eigenvalue weighted by molar-refractivity contribution is 4.65. The maximum Gasteiger partial charge on any atom is -0.00205 e. The van der Waals surface area contributed by atoms with Crippen molar-refractivity contribution in [3.8, 4) is 0 Å². The maximum atomic E-state index is 3.57. The molecule has 1 nitrogen and oxygen atoms in total. The number of hydrogen-bond donors (Lipinski definition) is 1. The fourth-order valence-corrected chi connectivity index (χ4v) is 2.40. The third kappa shape index (κ3) is 5.64. The van der Waals surface area contributed by atoms with Gasteiger partial charge >= 0.3 is 0 Å². The molecule has 0 aromatic carbocycles. The van der Waals surface area contributed by atoms with E-state index in [1.54, 1.807) is 0 Å². The van der Waals surface area contributed by atoms with Crippen molar-refractivity contribution in [1.29, 1.82) is 0 Å². The Bertz CT molecular complexity index is 112. The molecule has 1 fully saturated rings. The van der Waals surface area contributed by atoms with Gasteiger partial charge in [-0.3, -0.25) is 0 Å². The smallest absolute Gasteiger partial charge is 0.00205 e. The summed E-state index contributed by atoms with van der Waals surface area (Å²) in [7, 11) is 0. The first-order valence-electron chi connectivity index (χ1n) is 6.64. The van der Waals surface area contributed by atoms with E-state index in [4.69, 9.17) is 0 Å². The minimum Gasteiger partial charge on any atom is -0.316 e. The van der Waals surface area contributed by atoms with Gasteiger partial charge in [0.1, 0.15) is 0 Å². The maximum absolute atomic E-state index is 3.57. The number of hydrogen-bond acceptors (Lipinski definition) is 1. The lowest BCUT2D eigenvalue weighted by Gasteiger charge is -2.16. The monoisotopic (exact) mass is 197 g/mol. The van der Waals surface area contributed by atoms with E-state index in [0.717, 1.165) is 5.92 Å². The first kappa shape index (κ1) is 12.0. The van der Waals surface area contributed by atoms with Gasteiger partial charge in [0.05, 0.1) is 0 Å². The molecular formula is C13H27N. The second-order valence-corrected chi connectivity index (χ2v) is 4.77. The van der Waals surface area contributed by atoms with Crippen LogP contribution >= 0.6 is 0 Å². The zero-order chi connectivity index (χ0) is 10.1. The Morgan fingerprint density at radius 3 is 2.07 bits per heavy atom. The van der Waals surface area contributed by atoms with Crippen LogP contribution in [0, 0.1) is 5.92 Å². The van der Waals surface area contributed by atoms with Crippen LogP contribution in [0.3, 0.4) is 0 Å². The Hall–Kier alpha value is -0.0400. The Morgan fingerprint density at radius 1 is 0.929 bits per heavy atom. The average molecular weight is 197 g/mol. The van der Waals surface area contributed by atoms with Gasteiger partial charge in [0.15, 0.2) is 0 Å². The lowest BCUT2D eigenvalue weighted by Crippen LogP contribution is -2.23. The van der Waals surface area contributed by atoms with E-state index in [1.165, 1.54) is 70.9 Å². The van der Waals surface area contributed by atoms with Crippen molar-refractivity contribution >= 4 is 0 Å². The third-order valence-corrected chi connectivity index (χ3v) is 3.33. The number of nitrogens with one attached hydrogen (secondary N) is 1. The minimum absolute atomic E-state index is 0.972. The highest BCUT2D eigenvalue weighted by atomic mass is 14.8. The van der Waals surface area contributed by atoms with E-state index in [0.29, 0.717) is 0 Å². The van der Waals surface area contributed by atoms with E-state index in [9.17, 15) is 0 Å². The van der Waals surface area contributed by atoms with Gasteiger partial charge in [0, 0.05) is 0 Å². The van der Waals surface area contributed by atoms with Gasteiger partial charge in [-0.1, -0.05) is 45.4 Å². The third-order valence-electron chi connectivity index (χ3n) is 3.33. The summed E-state index contributed by atoms with van der Waals surface area (Å²) in [6.07, 6.45) is 13.1. The predicted octanol–water partition coefficient (Wildman–Crippen LogP) is 3.74. The molecule has 1 heteroatoms. The van der Waals surface area contributed by atoms with Crippen LogP contribution in [0.1, 0.15) is 64.7 Å². The van der Waals surface area contributed by atoms with Crippen molar-refractivity contribution < 1.29 is 0 Å². The van der Waals surface area contributed by atoms with Gasteiger partial charge in [0.25, 0.3) is 0 Å². The molecule has 0 unspecified atom stereocenters. The van der Waals surface area contributed by atoms with Gasteiger partial charge in [0.2, 0.25) is 0 Å². The topological polar surface area (TPSA) is 12.0 Å². The summed E-state index contributed by atoms with van der Waals surface area (Å²) >= 11 is 0. The van der Waals surface area contributed by atoms with Crippen molar-refractivity contribution in [1.82, 2.24) is 5.32 Å². The second kappa shape index (κ2) is 8.28. The summed E-state index contributed by atoms with van der Waals surface area (Å²) in [6.45, 7) is 4.72. The molecule has 1 aliphatic rings. The molecule has 0 bridgehead atoms. The van der Waals surface area contributed by atoms with Gasteiger partial charge < -0.3 is 5.32 Å². The van der Waals surface area contributed by atoms with Gasteiger partial charge in [-0.05, 0) is 38.3 Å². The van der Waals surface area contributed by atoms with E-state index in [-0.39, 0.29) is 0 Å². The molecule has 1 rings (SSSR count). The Balaban J connectivity index is 2.12. The Kier molecular flexibility index (Phi) is 7.12. The van der Waals surface area contributed by atoms with Crippen LogP contribution in [-0.2, 0) is 0 Å². The normalized spacial score (nSPS) is 21.2. The van der Waals surface area contributed by atoms with Crippen LogP contribution in [0.2, 0.25) is 0 Å². The minimum atomic E-state index is 0.972. The summed E-state index contributed by atoms with van der Waals surface area (Å²) in [5.41, 5.74) is 0. The molecule has 0 aromatic rings. The fraction of sp³-hybridized carbons (Fsp3) is 1.00. The predicted molar refractivity (Wildman–Crippen MR) is 63.6 cm³/mol. The van der Waals surface area contributed by atoms with Crippen LogP contribution in [0.15, 0.2) is 0 Å². The van der Waals surface area contributed by atoms with Gasteiger partial charge in [-0.15, -0.1) is 0 Å². The summed E-state index contributed by atoms with van der Waals surface area (Å²) < 4.78 is 0. The van der Waals surface area contributed by atoms with Crippen molar-refractivity contribution in [3.05, 3.63) is 0 Å². The molecule has 0 atom stereocenters. The van der Waals surface area contributed by atoms with E-state index < -0.39 is 0 Å². The molecule has 0 aromatic heterocycles. The van der Waals surface area contributed by atoms with Gasteiger partial charge in [-0.25, -0.2) is 0 Å². The van der Waals surface area contributed by atoms with Crippen molar-refractivity contribution in [2.24, 2.45) is 5.92 Å². The summed E-state index contributed by atoms with van der Waals surface area (Å²) in [5, 5.41) is 3.57. The summed E-state index contributed by atoms with van der Waals surface area (Å²) in [6, 6.07) is 0. The lowest BCUT2D eigenvalue weighted by molar-refractivity contribution is 0.401. The highest BCUT2D eigenvalue weighted by Gasteiger charge is 2.09. The summed E-state index contributed by atoms with van der Waals surface area (Å²) in [4.78, 5) is 0. The first-order valence-corrected chi connectivity index (χ1v) is 6.64. The van der Waals surface area contributed by atoms with Crippen LogP contribution in [0.25, 0.3) is 0 Å². The van der Waals surface area contributed by atoms with Crippen molar-refractivity contribution in [2.45, 2.75) is 64.7 Å². The summed E-state index contributed by atoms with van der Waals surface area (Å²) in [5.74, 6) is 0.972. The van der Waals surface area contributed by atoms with Crippen LogP contribution < -0.4 is 5.32 Å². The largest absolute Gasteiger partial charge is 0.316 e. The second-order valence-electron chi connectivity index (χ2n) is 4.77. The molecule has 0 aliphatic heterocycles. The van der Waals surface area contributed by atoms with Crippen LogP contribution in [0.5, 0.6) is 0 Å². The average Bonchev–Trinajstić information content (AvgIpc) is 2.32. The molecule has 0 amide bonds. The SMILES string of the molecule is CCCNCC1CCCCCCCC1. The van der Waals surface area contributed by atoms with Crippen molar-refractivity contribution in [3.63, 3.8) is 0 Å². The molecule has 0 spiro atoms. The quantitative estimate of drug-likeness (QED) is 0.677. The highest BCUT2D eigenvalue weighted by Crippen LogP contribution is 2.21. The fourth-order valence-electron chi connectivity index (χ4n) is 2.40. The van der Waals surface area contributed by atoms with E-state index >= 15 is 0 Å². The van der Waals surface area contributed by atoms with Crippen LogP contribution in [-0.4, -0.2) is 13.1 Å². The van der Waals surface area contributed by atoms with E-state index in [2.05, 4.69) is 12.2 Å². The molecule has 1 N–H and O–H groups in total. The molecule has 0 heterocycles.